The second kappa shape index (κ2) is 9.41. The van der Waals surface area contributed by atoms with E-state index in [1.165, 1.54) is 6.07 Å². The lowest BCUT2D eigenvalue weighted by Crippen LogP contribution is -2.59. The van der Waals surface area contributed by atoms with Crippen LogP contribution in [0.15, 0.2) is 48.5 Å². The summed E-state index contributed by atoms with van der Waals surface area (Å²) in [6, 6.07) is 13.9. The van der Waals surface area contributed by atoms with Crippen LogP contribution in [0.3, 0.4) is 0 Å². The Bertz CT molecular complexity index is 996. The first-order valence-corrected chi connectivity index (χ1v) is 11.5. The number of nitrogens with one attached hydrogen (secondary N) is 2. The van der Waals surface area contributed by atoms with Gasteiger partial charge in [0.1, 0.15) is 11.6 Å². The quantitative estimate of drug-likeness (QED) is 0.652. The van der Waals surface area contributed by atoms with Crippen LogP contribution in [0.2, 0.25) is 0 Å². The second-order valence-corrected chi connectivity index (χ2v) is 9.53. The maximum Gasteiger partial charge on any atom is 0.315 e. The topological polar surface area (TPSA) is 70.7 Å². The number of carbonyl (C=O) groups is 2. The van der Waals surface area contributed by atoms with Gasteiger partial charge in [0.05, 0.1) is 13.2 Å². The van der Waals surface area contributed by atoms with Gasteiger partial charge in [-0.05, 0) is 61.8 Å². The maximum atomic E-state index is 14.1. The number of urea groups is 1. The average molecular weight is 454 g/mol. The molecule has 0 aromatic heterocycles. The van der Waals surface area contributed by atoms with E-state index in [0.717, 1.165) is 37.0 Å². The fourth-order valence-electron chi connectivity index (χ4n) is 5.24. The van der Waals surface area contributed by atoms with Crippen molar-refractivity contribution >= 4 is 11.9 Å². The molecule has 0 aliphatic heterocycles. The van der Waals surface area contributed by atoms with Crippen LogP contribution in [0, 0.1) is 17.2 Å². The van der Waals surface area contributed by atoms with Gasteiger partial charge >= 0.3 is 6.03 Å². The Hall–Kier alpha value is -3.09. The van der Waals surface area contributed by atoms with Gasteiger partial charge in [-0.1, -0.05) is 30.3 Å². The van der Waals surface area contributed by atoms with E-state index in [1.807, 2.05) is 31.2 Å². The molecule has 2 fully saturated rings. The molecule has 2 aromatic rings. The zero-order valence-electron chi connectivity index (χ0n) is 19.4. The van der Waals surface area contributed by atoms with E-state index in [1.54, 1.807) is 37.3 Å². The first-order chi connectivity index (χ1) is 15.8. The van der Waals surface area contributed by atoms with Gasteiger partial charge in [-0.2, -0.15) is 0 Å². The maximum absolute atomic E-state index is 14.1. The summed E-state index contributed by atoms with van der Waals surface area (Å²) in [6.45, 7) is 2.31. The molecule has 0 heterocycles. The standard InChI is InChI=1S/C26H32FN3O3/c1-17(22-6-4-5-7-23(22)27)30(2)24(31)19-12-26(13-19)14-20(15-26)29-25(32)28-16-18-8-10-21(33-3)11-9-18/h4-11,17,19-20H,12-16H2,1-3H3,(H2,28,29,32). The summed E-state index contributed by atoms with van der Waals surface area (Å²) in [6.07, 6.45) is 3.48. The molecular weight excluding hydrogens is 421 g/mol. The van der Waals surface area contributed by atoms with E-state index in [9.17, 15) is 14.0 Å². The van der Waals surface area contributed by atoms with E-state index in [0.29, 0.717) is 12.1 Å². The molecule has 0 bridgehead atoms. The molecule has 1 unspecified atom stereocenters. The first-order valence-electron chi connectivity index (χ1n) is 11.5. The lowest BCUT2D eigenvalue weighted by Gasteiger charge is -2.57. The largest absolute Gasteiger partial charge is 0.497 e. The van der Waals surface area contributed by atoms with Crippen molar-refractivity contribution in [2.24, 2.45) is 11.3 Å². The third-order valence-electron chi connectivity index (χ3n) is 7.30. The number of rotatable bonds is 7. The molecule has 0 saturated heterocycles. The summed E-state index contributed by atoms with van der Waals surface area (Å²) >= 11 is 0. The molecule has 2 aliphatic carbocycles. The molecule has 4 rings (SSSR count). The van der Waals surface area contributed by atoms with Gasteiger partial charge in [0.2, 0.25) is 5.91 Å². The van der Waals surface area contributed by atoms with Crippen molar-refractivity contribution in [3.05, 3.63) is 65.5 Å². The number of nitrogens with zero attached hydrogens (tertiary/aromatic N) is 1. The van der Waals surface area contributed by atoms with Crippen LogP contribution in [0.1, 0.15) is 49.8 Å². The summed E-state index contributed by atoms with van der Waals surface area (Å²) in [5, 5.41) is 5.92. The highest BCUT2D eigenvalue weighted by molar-refractivity contribution is 5.80. The lowest BCUT2D eigenvalue weighted by atomic mass is 9.50. The van der Waals surface area contributed by atoms with Crippen LogP contribution >= 0.6 is 0 Å². The van der Waals surface area contributed by atoms with Crippen molar-refractivity contribution in [2.75, 3.05) is 14.2 Å². The zero-order valence-corrected chi connectivity index (χ0v) is 19.4. The third-order valence-corrected chi connectivity index (χ3v) is 7.30. The number of halogens is 1. The smallest absolute Gasteiger partial charge is 0.315 e. The molecule has 2 N–H and O–H groups in total. The SMILES string of the molecule is COc1ccc(CNC(=O)NC2CC3(C2)CC(C(=O)N(C)C(C)c2ccccc2F)C3)cc1. The van der Waals surface area contributed by atoms with E-state index < -0.39 is 0 Å². The summed E-state index contributed by atoms with van der Waals surface area (Å²) in [5.41, 5.74) is 1.71. The highest BCUT2D eigenvalue weighted by Gasteiger charge is 2.55. The second-order valence-electron chi connectivity index (χ2n) is 9.53. The minimum atomic E-state index is -0.305. The Labute approximate surface area is 194 Å². The number of hydrogen-bond donors (Lipinski definition) is 2. The molecule has 33 heavy (non-hydrogen) atoms. The van der Waals surface area contributed by atoms with Crippen LogP contribution in [0.25, 0.3) is 0 Å². The summed E-state index contributed by atoms with van der Waals surface area (Å²) in [5.74, 6) is 0.556. The molecule has 6 nitrogen and oxygen atoms in total. The summed E-state index contributed by atoms with van der Waals surface area (Å²) in [7, 11) is 3.37. The summed E-state index contributed by atoms with van der Waals surface area (Å²) < 4.78 is 19.2. The molecule has 0 radical (unpaired) electrons. The van der Waals surface area contributed by atoms with Crippen molar-refractivity contribution < 1.29 is 18.7 Å². The number of benzene rings is 2. The van der Waals surface area contributed by atoms with Crippen molar-refractivity contribution in [2.45, 2.75) is 51.2 Å². The van der Waals surface area contributed by atoms with Gasteiger partial charge in [0, 0.05) is 31.1 Å². The van der Waals surface area contributed by atoms with E-state index in [4.69, 9.17) is 4.74 Å². The van der Waals surface area contributed by atoms with Crippen molar-refractivity contribution in [3.63, 3.8) is 0 Å². The van der Waals surface area contributed by atoms with Gasteiger partial charge in [-0.3, -0.25) is 4.79 Å². The molecule has 1 spiro atoms. The molecule has 2 aromatic carbocycles. The number of carbonyl (C=O) groups excluding carboxylic acids is 2. The Kier molecular flexibility index (Phi) is 6.58. The first kappa shape index (κ1) is 23.1. The Balaban J connectivity index is 1.18. The van der Waals surface area contributed by atoms with Crippen LogP contribution in [0.5, 0.6) is 5.75 Å². The molecule has 3 amide bonds. The number of methoxy groups -OCH3 is 1. The Morgan fingerprint density at radius 3 is 2.42 bits per heavy atom. The summed E-state index contributed by atoms with van der Waals surface area (Å²) in [4.78, 5) is 26.8. The van der Waals surface area contributed by atoms with Crippen molar-refractivity contribution in [3.8, 4) is 5.75 Å². The lowest BCUT2D eigenvalue weighted by molar-refractivity contribution is -0.150. The predicted octanol–water partition coefficient (Wildman–Crippen LogP) is 4.41. The van der Waals surface area contributed by atoms with E-state index in [2.05, 4.69) is 10.6 Å². The van der Waals surface area contributed by atoms with Gasteiger partial charge in [0.15, 0.2) is 0 Å². The number of hydrogen-bond acceptors (Lipinski definition) is 3. The molecule has 176 valence electrons. The van der Waals surface area contributed by atoms with Crippen LogP contribution in [-0.4, -0.2) is 37.0 Å². The van der Waals surface area contributed by atoms with Gasteiger partial charge < -0.3 is 20.3 Å². The molecule has 2 aliphatic rings. The van der Waals surface area contributed by atoms with Gasteiger partial charge in [-0.25, -0.2) is 9.18 Å². The normalized spacial score (nSPS) is 24.2. The number of ether oxygens (including phenoxy) is 1. The molecular formula is C26H32FN3O3. The molecule has 1 atom stereocenters. The van der Waals surface area contributed by atoms with Crippen LogP contribution < -0.4 is 15.4 Å². The Morgan fingerprint density at radius 2 is 1.79 bits per heavy atom. The van der Waals surface area contributed by atoms with Gasteiger partial charge in [-0.15, -0.1) is 0 Å². The monoisotopic (exact) mass is 453 g/mol. The minimum absolute atomic E-state index is 0.0194. The molecule has 7 heteroatoms. The minimum Gasteiger partial charge on any atom is -0.497 e. The highest BCUT2D eigenvalue weighted by Crippen LogP contribution is 2.59. The van der Waals surface area contributed by atoms with Crippen molar-refractivity contribution in [1.82, 2.24) is 15.5 Å². The Morgan fingerprint density at radius 1 is 1.12 bits per heavy atom. The van der Waals surface area contributed by atoms with E-state index in [-0.39, 0.29) is 41.2 Å². The van der Waals surface area contributed by atoms with Crippen LogP contribution in [0.4, 0.5) is 9.18 Å². The predicted molar refractivity (Wildman–Crippen MR) is 124 cm³/mol. The molecule has 2 saturated carbocycles. The third kappa shape index (κ3) is 4.97. The zero-order chi connectivity index (χ0) is 23.6. The van der Waals surface area contributed by atoms with E-state index >= 15 is 0 Å². The highest BCUT2D eigenvalue weighted by atomic mass is 19.1. The van der Waals surface area contributed by atoms with Crippen molar-refractivity contribution in [1.29, 1.82) is 0 Å². The number of amides is 3. The fourth-order valence-corrected chi connectivity index (χ4v) is 5.24. The fraction of sp³-hybridized carbons (Fsp3) is 0.462. The van der Waals surface area contributed by atoms with Gasteiger partial charge in [0.25, 0.3) is 0 Å². The van der Waals surface area contributed by atoms with Crippen LogP contribution in [-0.2, 0) is 11.3 Å². The average Bonchev–Trinajstić information content (AvgIpc) is 2.77.